The quantitative estimate of drug-likeness (QED) is 0.215. The van der Waals surface area contributed by atoms with Gasteiger partial charge in [0.1, 0.15) is 23.8 Å². The number of benzene rings is 2. The Morgan fingerprint density at radius 2 is 1.85 bits per heavy atom. The van der Waals surface area contributed by atoms with Gasteiger partial charge in [-0.15, -0.1) is 0 Å². The minimum atomic E-state index is -0.577. The highest BCUT2D eigenvalue weighted by Gasteiger charge is 2.26. The molecule has 2 aliphatic heterocycles. The predicted octanol–water partition coefficient (Wildman–Crippen LogP) is 4.06. The molecule has 2 aromatic rings. The van der Waals surface area contributed by atoms with Crippen molar-refractivity contribution in [2.75, 3.05) is 32.7 Å². The molecule has 2 aromatic carbocycles. The summed E-state index contributed by atoms with van der Waals surface area (Å²) < 4.78 is 17.3. The lowest BCUT2D eigenvalue weighted by Gasteiger charge is -2.11. The van der Waals surface area contributed by atoms with Gasteiger partial charge in [0.2, 0.25) is 0 Å². The van der Waals surface area contributed by atoms with E-state index in [2.05, 4.69) is 10.6 Å². The van der Waals surface area contributed by atoms with Gasteiger partial charge in [0.15, 0.2) is 0 Å². The van der Waals surface area contributed by atoms with E-state index in [9.17, 15) is 14.4 Å². The first-order valence-corrected chi connectivity index (χ1v) is 12.4. The molecule has 0 saturated heterocycles. The van der Waals surface area contributed by atoms with Crippen molar-refractivity contribution in [3.63, 3.8) is 0 Å². The van der Waals surface area contributed by atoms with Crippen LogP contribution in [0, 0.1) is 0 Å². The molecule has 0 bridgehead atoms. The Hall–Kier alpha value is -3.83. The number of carbonyl (C=O) groups is 2. The molecule has 2 N–H and O–H groups in total. The van der Waals surface area contributed by atoms with Crippen LogP contribution >= 0.6 is 20.7 Å². The number of amides is 2. The van der Waals surface area contributed by atoms with Crippen LogP contribution in [0.25, 0.3) is 16.3 Å². The van der Waals surface area contributed by atoms with E-state index in [0.717, 1.165) is 0 Å². The van der Waals surface area contributed by atoms with E-state index < -0.39 is 12.0 Å². The lowest BCUT2D eigenvalue weighted by Crippen LogP contribution is -2.33. The van der Waals surface area contributed by atoms with Crippen molar-refractivity contribution in [2.24, 2.45) is 0 Å². The molecule has 0 radical (unpaired) electrons. The van der Waals surface area contributed by atoms with Crippen LogP contribution in [-0.4, -0.2) is 43.9 Å². The van der Waals surface area contributed by atoms with Crippen LogP contribution in [0.4, 0.5) is 10.5 Å². The van der Waals surface area contributed by atoms with Crippen molar-refractivity contribution in [1.29, 1.82) is 0 Å². The minimum absolute atomic E-state index is 0.00801. The van der Waals surface area contributed by atoms with E-state index in [1.807, 2.05) is 5.38 Å². The van der Waals surface area contributed by atoms with E-state index in [-0.39, 0.29) is 24.4 Å². The average molecular weight is 500 g/mol. The zero-order valence-electron chi connectivity index (χ0n) is 18.3. The Balaban J connectivity index is 1.46. The van der Waals surface area contributed by atoms with Crippen molar-refractivity contribution >= 4 is 38.4 Å². The smallest absolute Gasteiger partial charge is 0.338 e. The number of fused-ring (bicyclic) bond motifs is 1. The van der Waals surface area contributed by atoms with E-state index in [0.29, 0.717) is 33.3 Å². The van der Waals surface area contributed by atoms with Gasteiger partial charge in [-0.3, -0.25) is 9.36 Å². The molecule has 2 aliphatic rings. The summed E-state index contributed by atoms with van der Waals surface area (Å²) in [4.78, 5) is 38.3. The summed E-state index contributed by atoms with van der Waals surface area (Å²) in [7, 11) is 5.89. The van der Waals surface area contributed by atoms with E-state index in [1.54, 1.807) is 55.6 Å². The molecule has 0 fully saturated rings. The highest BCUT2D eigenvalue weighted by Crippen LogP contribution is 2.40. The molecule has 9 nitrogen and oxygen atoms in total. The van der Waals surface area contributed by atoms with Crippen LogP contribution in [0.2, 0.25) is 0 Å². The SMILES string of the molecule is COc1ccc(-n2c3cssc-3c(NC(=O)NCCOC(=O)c3ccccc3)c2=O)c(OC)c1. The minimum Gasteiger partial charge on any atom is -0.497 e. The maximum atomic E-state index is 13.3. The third-order valence-electron chi connectivity index (χ3n) is 4.91. The van der Waals surface area contributed by atoms with Gasteiger partial charge in [-0.05, 0) is 24.3 Å². The Morgan fingerprint density at radius 3 is 2.59 bits per heavy atom. The number of rotatable bonds is 8. The summed E-state index contributed by atoms with van der Waals surface area (Å²) in [5.41, 5.74) is 1.40. The van der Waals surface area contributed by atoms with Crippen LogP contribution in [-0.2, 0) is 4.74 Å². The van der Waals surface area contributed by atoms with Gasteiger partial charge < -0.3 is 24.8 Å². The topological polar surface area (TPSA) is 108 Å². The second-order valence-electron chi connectivity index (χ2n) is 6.95. The first-order chi connectivity index (χ1) is 16.5. The van der Waals surface area contributed by atoms with E-state index in [4.69, 9.17) is 14.2 Å². The largest absolute Gasteiger partial charge is 0.497 e. The van der Waals surface area contributed by atoms with Crippen LogP contribution in [0.1, 0.15) is 10.4 Å². The highest BCUT2D eigenvalue weighted by atomic mass is 32.9. The summed E-state index contributed by atoms with van der Waals surface area (Å²) in [5, 5.41) is 7.08. The number of anilines is 1. The van der Waals surface area contributed by atoms with Gasteiger partial charge in [0.25, 0.3) is 5.56 Å². The van der Waals surface area contributed by atoms with Crippen molar-refractivity contribution < 1.29 is 23.8 Å². The molecule has 0 spiro atoms. The number of nitrogens with one attached hydrogen (secondary N) is 2. The Morgan fingerprint density at radius 1 is 1.06 bits per heavy atom. The molecule has 2 heterocycles. The fourth-order valence-corrected chi connectivity index (χ4v) is 5.50. The molecule has 11 heteroatoms. The number of methoxy groups -OCH3 is 2. The van der Waals surface area contributed by atoms with Crippen LogP contribution in [0.5, 0.6) is 11.5 Å². The molecular weight excluding hydrogens is 478 g/mol. The molecular formula is C23H21N3O6S2. The van der Waals surface area contributed by atoms with Gasteiger partial charge in [0.05, 0.1) is 42.6 Å². The van der Waals surface area contributed by atoms with Crippen molar-refractivity contribution in [2.45, 2.75) is 0 Å². The van der Waals surface area contributed by atoms with Gasteiger partial charge in [0, 0.05) is 11.4 Å². The van der Waals surface area contributed by atoms with Crippen LogP contribution in [0.3, 0.4) is 0 Å². The monoisotopic (exact) mass is 499 g/mol. The fourth-order valence-electron chi connectivity index (χ4n) is 3.30. The van der Waals surface area contributed by atoms with Crippen molar-refractivity contribution in [1.82, 2.24) is 9.88 Å². The third kappa shape index (κ3) is 4.75. The zero-order valence-corrected chi connectivity index (χ0v) is 20.0. The Kier molecular flexibility index (Phi) is 7.14. The zero-order chi connectivity index (χ0) is 24.1. The number of urea groups is 1. The Bertz CT molecular complexity index is 1330. The first-order valence-electron chi connectivity index (χ1n) is 10.1. The van der Waals surface area contributed by atoms with Crippen LogP contribution in [0.15, 0.2) is 58.7 Å². The predicted molar refractivity (Wildman–Crippen MR) is 131 cm³/mol. The lowest BCUT2D eigenvalue weighted by atomic mass is 10.2. The van der Waals surface area contributed by atoms with Crippen molar-refractivity contribution in [3.05, 3.63) is 69.8 Å². The molecule has 0 atom stereocenters. The number of hydrogen-bond donors (Lipinski definition) is 2. The standard InChI is InChI=1S/C23H21N3O6S2/c1-30-15-8-9-16(18(12-15)31-2)26-17-13-33-34-20(17)19(21(26)27)25-23(29)24-10-11-32-22(28)14-6-4-3-5-7-14/h3-9,12-13H,10-11H2,1-2H3,(H2,24,25,29). The first kappa shape index (κ1) is 23.3. The summed E-state index contributed by atoms with van der Waals surface area (Å²) in [6.07, 6.45) is 0. The average Bonchev–Trinajstić information content (AvgIpc) is 3.43. The van der Waals surface area contributed by atoms with E-state index in [1.165, 1.54) is 32.4 Å². The lowest BCUT2D eigenvalue weighted by molar-refractivity contribution is 0.0510. The normalized spacial score (nSPS) is 10.6. The number of aromatic nitrogens is 1. The summed E-state index contributed by atoms with van der Waals surface area (Å²) in [5.74, 6) is 0.577. The van der Waals surface area contributed by atoms with Crippen molar-refractivity contribution in [3.8, 4) is 27.8 Å². The molecule has 0 unspecified atom stereocenters. The molecule has 0 aliphatic carbocycles. The van der Waals surface area contributed by atoms with Gasteiger partial charge >= 0.3 is 12.0 Å². The molecule has 176 valence electrons. The molecule has 0 aromatic heterocycles. The number of nitrogens with zero attached hydrogens (tertiary/aromatic N) is 1. The molecule has 2 amide bonds. The molecule has 34 heavy (non-hydrogen) atoms. The van der Waals surface area contributed by atoms with Gasteiger partial charge in [-0.25, -0.2) is 9.59 Å². The third-order valence-corrected chi connectivity index (χ3v) is 6.98. The maximum absolute atomic E-state index is 13.3. The highest BCUT2D eigenvalue weighted by molar-refractivity contribution is 7.70. The molecule has 0 saturated carbocycles. The Labute approximate surface area is 202 Å². The second-order valence-corrected chi connectivity index (χ2v) is 9.03. The fraction of sp³-hybridized carbons (Fsp3) is 0.174. The number of ether oxygens (including phenoxy) is 3. The van der Waals surface area contributed by atoms with Crippen LogP contribution < -0.4 is 25.7 Å². The number of carbonyl (C=O) groups excluding carboxylic acids is 2. The summed E-state index contributed by atoms with van der Waals surface area (Å²) in [6.45, 7) is 0.0771. The number of esters is 1. The summed E-state index contributed by atoms with van der Waals surface area (Å²) >= 11 is 0. The van der Waals surface area contributed by atoms with Gasteiger partial charge in [-0.1, -0.05) is 38.9 Å². The second kappa shape index (κ2) is 10.4. The van der Waals surface area contributed by atoms with Gasteiger partial charge in [-0.2, -0.15) is 0 Å². The van der Waals surface area contributed by atoms with E-state index >= 15 is 0 Å². The molecule has 4 rings (SSSR count). The number of hydrogen-bond acceptors (Lipinski definition) is 8. The summed E-state index contributed by atoms with van der Waals surface area (Å²) in [6, 6.07) is 13.1. The maximum Gasteiger partial charge on any atom is 0.338 e.